The van der Waals surface area contributed by atoms with E-state index in [2.05, 4.69) is 12.2 Å². The molecule has 94 valence electrons. The van der Waals surface area contributed by atoms with Crippen LogP contribution in [0.5, 0.6) is 0 Å². The zero-order valence-electron chi connectivity index (χ0n) is 9.47. The van der Waals surface area contributed by atoms with Crippen LogP contribution in [-0.4, -0.2) is 17.0 Å². The summed E-state index contributed by atoms with van der Waals surface area (Å²) in [5, 5.41) is 3.61. The number of hydrogen-bond donors (Lipinski definition) is 1. The fourth-order valence-corrected chi connectivity index (χ4v) is 3.37. The molecule has 1 heterocycles. The third kappa shape index (κ3) is 3.05. The normalized spacial score (nSPS) is 24.7. The minimum absolute atomic E-state index is 0.102. The lowest BCUT2D eigenvalue weighted by atomic mass is 10.1. The summed E-state index contributed by atoms with van der Waals surface area (Å²) in [4.78, 5) is 0. The van der Waals surface area contributed by atoms with Gasteiger partial charge < -0.3 is 5.32 Å². The molecule has 1 nitrogen and oxygen atoms in total. The summed E-state index contributed by atoms with van der Waals surface area (Å²) in [7, 11) is 0. The maximum absolute atomic E-state index is 13.6. The highest BCUT2D eigenvalue weighted by molar-refractivity contribution is 8.00. The lowest BCUT2D eigenvalue weighted by Gasteiger charge is -2.30. The first-order valence-corrected chi connectivity index (χ1v) is 7.03. The first-order valence-electron chi connectivity index (χ1n) is 5.60. The number of thioether (sulfide) groups is 1. The van der Waals surface area contributed by atoms with Crippen LogP contribution in [0.3, 0.4) is 0 Å². The average molecular weight is 278 g/mol. The monoisotopic (exact) mass is 277 g/mol. The van der Waals surface area contributed by atoms with Crippen molar-refractivity contribution < 1.29 is 8.78 Å². The molecule has 17 heavy (non-hydrogen) atoms. The van der Waals surface area contributed by atoms with Crippen molar-refractivity contribution in [3.63, 3.8) is 0 Å². The Balaban J connectivity index is 2.17. The summed E-state index contributed by atoms with van der Waals surface area (Å²) in [5.41, 5.74) is 0.215. The number of nitrogens with one attached hydrogen (secondary N) is 1. The highest BCUT2D eigenvalue weighted by atomic mass is 35.5. The Kier molecular flexibility index (Phi) is 4.15. The minimum Gasteiger partial charge on any atom is -0.378 e. The van der Waals surface area contributed by atoms with E-state index in [0.717, 1.165) is 30.7 Å². The average Bonchev–Trinajstić information content (AvgIpc) is 2.25. The smallest absolute Gasteiger partial charge is 0.150 e. The lowest BCUT2D eigenvalue weighted by Crippen LogP contribution is -2.33. The third-order valence-electron chi connectivity index (χ3n) is 2.94. The van der Waals surface area contributed by atoms with Crippen molar-refractivity contribution in [3.05, 3.63) is 28.8 Å². The number of anilines is 1. The van der Waals surface area contributed by atoms with Gasteiger partial charge in [0.2, 0.25) is 0 Å². The van der Waals surface area contributed by atoms with Crippen molar-refractivity contribution in [1.82, 2.24) is 0 Å². The molecule has 0 bridgehead atoms. The third-order valence-corrected chi connectivity index (χ3v) is 4.62. The Labute approximate surface area is 109 Å². The van der Waals surface area contributed by atoms with E-state index in [4.69, 9.17) is 11.6 Å². The van der Waals surface area contributed by atoms with Gasteiger partial charge in [-0.05, 0) is 24.7 Å². The van der Waals surface area contributed by atoms with Crippen molar-refractivity contribution in [2.75, 3.05) is 11.1 Å². The van der Waals surface area contributed by atoms with Gasteiger partial charge >= 0.3 is 0 Å². The van der Waals surface area contributed by atoms with Crippen molar-refractivity contribution >= 4 is 29.1 Å². The van der Waals surface area contributed by atoms with Crippen LogP contribution in [0.1, 0.15) is 19.8 Å². The van der Waals surface area contributed by atoms with Crippen LogP contribution < -0.4 is 5.32 Å². The Morgan fingerprint density at radius 1 is 1.41 bits per heavy atom. The lowest BCUT2D eigenvalue weighted by molar-refractivity contribution is 0.574. The van der Waals surface area contributed by atoms with Gasteiger partial charge in [-0.1, -0.05) is 18.5 Å². The van der Waals surface area contributed by atoms with Crippen molar-refractivity contribution in [3.8, 4) is 0 Å². The maximum Gasteiger partial charge on any atom is 0.150 e. The molecule has 0 aliphatic carbocycles. The van der Waals surface area contributed by atoms with E-state index in [1.54, 1.807) is 0 Å². The van der Waals surface area contributed by atoms with E-state index in [1.807, 2.05) is 11.8 Å². The van der Waals surface area contributed by atoms with E-state index in [-0.39, 0.29) is 16.8 Å². The second-order valence-corrected chi connectivity index (χ2v) is 6.11. The van der Waals surface area contributed by atoms with E-state index in [9.17, 15) is 8.78 Å². The van der Waals surface area contributed by atoms with Crippen LogP contribution in [0.15, 0.2) is 12.1 Å². The minimum atomic E-state index is -0.649. The highest BCUT2D eigenvalue weighted by Crippen LogP contribution is 2.32. The van der Waals surface area contributed by atoms with Gasteiger partial charge in [0.25, 0.3) is 0 Å². The molecule has 0 amide bonds. The molecule has 1 aromatic carbocycles. The summed E-state index contributed by atoms with van der Waals surface area (Å²) >= 11 is 7.71. The fourth-order valence-electron chi connectivity index (χ4n) is 1.98. The van der Waals surface area contributed by atoms with E-state index >= 15 is 0 Å². The maximum atomic E-state index is 13.6. The molecule has 1 saturated heterocycles. The molecule has 1 N–H and O–H groups in total. The quantitative estimate of drug-likeness (QED) is 0.864. The molecule has 0 aromatic heterocycles. The molecule has 1 aliphatic heterocycles. The molecule has 1 fully saturated rings. The van der Waals surface area contributed by atoms with Crippen molar-refractivity contribution in [1.29, 1.82) is 0 Å². The molecule has 2 rings (SSSR count). The summed E-state index contributed by atoms with van der Waals surface area (Å²) in [6.07, 6.45) is 2.09. The second kappa shape index (κ2) is 5.44. The van der Waals surface area contributed by atoms with Crippen molar-refractivity contribution in [2.24, 2.45) is 0 Å². The molecule has 2 unspecified atom stereocenters. The summed E-state index contributed by atoms with van der Waals surface area (Å²) < 4.78 is 26.5. The van der Waals surface area contributed by atoms with Gasteiger partial charge in [0.1, 0.15) is 5.82 Å². The first kappa shape index (κ1) is 13.0. The van der Waals surface area contributed by atoms with Crippen LogP contribution in [0.25, 0.3) is 0 Å². The van der Waals surface area contributed by atoms with Gasteiger partial charge in [-0.2, -0.15) is 11.8 Å². The zero-order chi connectivity index (χ0) is 12.4. The molecule has 0 saturated carbocycles. The standard InChI is InChI=1S/C12H14ClF2NS/c1-7-11(3-2-4-17-7)16-12-9(13)5-8(14)6-10(12)15/h5-7,11,16H,2-4H2,1H3. The van der Waals surface area contributed by atoms with Gasteiger partial charge in [-0.25, -0.2) is 8.78 Å². The Hall–Kier alpha value is -0.480. The number of halogens is 3. The van der Waals surface area contributed by atoms with Gasteiger partial charge in [-0.3, -0.25) is 0 Å². The van der Waals surface area contributed by atoms with Gasteiger partial charge in [0.15, 0.2) is 5.82 Å². The molecule has 0 radical (unpaired) electrons. The van der Waals surface area contributed by atoms with Crippen LogP contribution in [0.4, 0.5) is 14.5 Å². The van der Waals surface area contributed by atoms with Crippen molar-refractivity contribution in [2.45, 2.75) is 31.1 Å². The van der Waals surface area contributed by atoms with E-state index in [1.165, 1.54) is 0 Å². The largest absolute Gasteiger partial charge is 0.378 e. The van der Waals surface area contributed by atoms with Crippen LogP contribution in [-0.2, 0) is 0 Å². The van der Waals surface area contributed by atoms with Gasteiger partial charge in [0.05, 0.1) is 10.7 Å². The Morgan fingerprint density at radius 2 is 2.18 bits per heavy atom. The first-order chi connectivity index (χ1) is 8.08. The molecular formula is C12H14ClF2NS. The van der Waals surface area contributed by atoms with Gasteiger partial charge in [0, 0.05) is 17.4 Å². The predicted octanol–water partition coefficient (Wildman–Crippen LogP) is 4.31. The van der Waals surface area contributed by atoms with E-state index < -0.39 is 11.6 Å². The SMILES string of the molecule is CC1SCCCC1Nc1c(F)cc(F)cc1Cl. The molecule has 1 aliphatic rings. The summed E-state index contributed by atoms with van der Waals surface area (Å²) in [6.45, 7) is 2.11. The Bertz CT molecular complexity index is 390. The number of hydrogen-bond acceptors (Lipinski definition) is 2. The summed E-state index contributed by atoms with van der Waals surface area (Å²) in [5.74, 6) is -0.138. The highest BCUT2D eigenvalue weighted by Gasteiger charge is 2.23. The fraction of sp³-hybridized carbons (Fsp3) is 0.500. The van der Waals surface area contributed by atoms with Crippen LogP contribution in [0.2, 0.25) is 5.02 Å². The zero-order valence-corrected chi connectivity index (χ0v) is 11.0. The molecule has 0 spiro atoms. The van der Waals surface area contributed by atoms with E-state index in [0.29, 0.717) is 5.25 Å². The molecule has 2 atom stereocenters. The number of rotatable bonds is 2. The van der Waals surface area contributed by atoms with Crippen LogP contribution in [0, 0.1) is 11.6 Å². The molecule has 1 aromatic rings. The number of benzene rings is 1. The second-order valence-electron chi connectivity index (χ2n) is 4.21. The molecular weight excluding hydrogens is 264 g/mol. The molecule has 5 heteroatoms. The van der Waals surface area contributed by atoms with Gasteiger partial charge in [-0.15, -0.1) is 0 Å². The topological polar surface area (TPSA) is 12.0 Å². The Morgan fingerprint density at radius 3 is 2.82 bits per heavy atom. The summed E-state index contributed by atoms with van der Waals surface area (Å²) in [6, 6.07) is 2.17. The predicted molar refractivity (Wildman–Crippen MR) is 69.9 cm³/mol. The van der Waals surface area contributed by atoms with Crippen LogP contribution >= 0.6 is 23.4 Å².